The lowest BCUT2D eigenvalue weighted by Crippen LogP contribution is -2.36. The predicted octanol–water partition coefficient (Wildman–Crippen LogP) is 1.48. The minimum atomic E-state index is -4.00. The lowest BCUT2D eigenvalue weighted by molar-refractivity contribution is -0.121. The maximum Gasteiger partial charge on any atom is 0.255 e. The first-order chi connectivity index (χ1) is 13.8. The Bertz CT molecular complexity index is 991. The Morgan fingerprint density at radius 2 is 1.76 bits per heavy atom. The molecule has 0 aliphatic rings. The van der Waals surface area contributed by atoms with E-state index in [0.29, 0.717) is 17.1 Å². The Morgan fingerprint density at radius 3 is 2.41 bits per heavy atom. The monoisotopic (exact) mass is 421 g/mol. The zero-order valence-electron chi connectivity index (χ0n) is 16.6. The maximum absolute atomic E-state index is 12.8. The number of nitrogens with one attached hydrogen (secondary N) is 1. The Balaban J connectivity index is 2.07. The molecule has 0 atom stereocenters. The Kier molecular flexibility index (Phi) is 7.57. The zero-order valence-corrected chi connectivity index (χ0v) is 17.4. The van der Waals surface area contributed by atoms with E-state index in [9.17, 15) is 13.2 Å². The van der Waals surface area contributed by atoms with Gasteiger partial charge in [0.1, 0.15) is 22.1 Å². The van der Waals surface area contributed by atoms with Crippen LogP contribution in [-0.2, 0) is 14.8 Å². The van der Waals surface area contributed by atoms with Gasteiger partial charge >= 0.3 is 0 Å². The Labute approximate surface area is 169 Å². The van der Waals surface area contributed by atoms with Crippen LogP contribution in [0.3, 0.4) is 0 Å². The van der Waals surface area contributed by atoms with Gasteiger partial charge in [0.15, 0.2) is 0 Å². The molecule has 0 aliphatic carbocycles. The highest BCUT2D eigenvalue weighted by molar-refractivity contribution is 7.89. The molecular formula is C19H23N3O6S. The molecule has 0 aromatic heterocycles. The molecule has 0 fully saturated rings. The van der Waals surface area contributed by atoms with Crippen molar-refractivity contribution >= 4 is 22.1 Å². The highest BCUT2D eigenvalue weighted by Gasteiger charge is 2.27. The smallest absolute Gasteiger partial charge is 0.255 e. The van der Waals surface area contributed by atoms with Gasteiger partial charge < -0.3 is 14.2 Å². The van der Waals surface area contributed by atoms with Crippen molar-refractivity contribution in [3.63, 3.8) is 0 Å². The van der Waals surface area contributed by atoms with Gasteiger partial charge in [0.25, 0.3) is 5.91 Å². The van der Waals surface area contributed by atoms with E-state index in [4.69, 9.17) is 14.2 Å². The van der Waals surface area contributed by atoms with Gasteiger partial charge in [0.05, 0.1) is 34.1 Å². The molecule has 0 aliphatic heterocycles. The summed E-state index contributed by atoms with van der Waals surface area (Å²) in [4.78, 5) is 12.0. The summed E-state index contributed by atoms with van der Waals surface area (Å²) in [6.07, 6.45) is 1.43. The van der Waals surface area contributed by atoms with Gasteiger partial charge in [-0.2, -0.15) is 9.41 Å². The number of carbonyl (C=O) groups excluding carboxylic acids is 1. The van der Waals surface area contributed by atoms with E-state index in [1.165, 1.54) is 39.6 Å². The third-order valence-corrected chi connectivity index (χ3v) is 5.75. The normalized spacial score (nSPS) is 11.5. The summed E-state index contributed by atoms with van der Waals surface area (Å²) in [6.45, 7) is -0.432. The Morgan fingerprint density at radius 1 is 1.07 bits per heavy atom. The van der Waals surface area contributed by atoms with Crippen molar-refractivity contribution in [2.75, 3.05) is 34.9 Å². The van der Waals surface area contributed by atoms with Crippen molar-refractivity contribution in [2.24, 2.45) is 5.10 Å². The number of methoxy groups -OCH3 is 3. The second-order valence-electron chi connectivity index (χ2n) is 5.85. The van der Waals surface area contributed by atoms with Gasteiger partial charge in [-0.3, -0.25) is 4.79 Å². The molecule has 10 heteroatoms. The molecule has 1 amide bonds. The van der Waals surface area contributed by atoms with Gasteiger partial charge in [0.2, 0.25) is 10.0 Å². The highest BCUT2D eigenvalue weighted by atomic mass is 32.2. The van der Waals surface area contributed by atoms with Crippen LogP contribution in [0.25, 0.3) is 0 Å². The third-order valence-electron chi connectivity index (χ3n) is 3.92. The van der Waals surface area contributed by atoms with Crippen molar-refractivity contribution in [1.82, 2.24) is 9.73 Å². The average molecular weight is 421 g/mol. The lowest BCUT2D eigenvalue weighted by atomic mass is 10.2. The van der Waals surface area contributed by atoms with Crippen LogP contribution >= 0.6 is 0 Å². The van der Waals surface area contributed by atoms with Crippen LogP contribution in [-0.4, -0.2) is 59.8 Å². The first-order valence-electron chi connectivity index (χ1n) is 8.46. The number of sulfonamides is 1. The molecule has 0 bridgehead atoms. The van der Waals surface area contributed by atoms with Crippen LogP contribution in [0.1, 0.15) is 5.56 Å². The zero-order chi connectivity index (χ0) is 21.4. The number of hydrogen-bond acceptors (Lipinski definition) is 7. The number of hydrogen-bond donors (Lipinski definition) is 1. The quantitative estimate of drug-likeness (QED) is 0.486. The third kappa shape index (κ3) is 5.69. The number of carbonyl (C=O) groups is 1. The predicted molar refractivity (Wildman–Crippen MR) is 108 cm³/mol. The minimum absolute atomic E-state index is 0.102. The molecule has 2 aromatic rings. The van der Waals surface area contributed by atoms with Crippen molar-refractivity contribution in [3.05, 3.63) is 48.0 Å². The summed E-state index contributed by atoms with van der Waals surface area (Å²) in [5, 5.41) is 3.84. The summed E-state index contributed by atoms with van der Waals surface area (Å²) in [7, 11) is 1.63. The number of benzene rings is 2. The number of hydrazone groups is 1. The van der Waals surface area contributed by atoms with E-state index in [1.54, 1.807) is 37.4 Å². The van der Waals surface area contributed by atoms with E-state index in [1.807, 2.05) is 0 Å². The number of ether oxygens (including phenoxy) is 3. The first kappa shape index (κ1) is 22.2. The first-order valence-corrected chi connectivity index (χ1v) is 9.90. The summed E-state index contributed by atoms with van der Waals surface area (Å²) in [6, 6.07) is 11.5. The van der Waals surface area contributed by atoms with Crippen molar-refractivity contribution in [1.29, 1.82) is 0 Å². The van der Waals surface area contributed by atoms with E-state index in [0.717, 1.165) is 4.31 Å². The SMILES string of the molecule is COc1cccc(/C=N/NC(=O)CN(C)S(=O)(=O)c2cc(OC)ccc2OC)c1. The van der Waals surface area contributed by atoms with Gasteiger partial charge in [-0.05, 0) is 29.8 Å². The summed E-state index contributed by atoms with van der Waals surface area (Å²) >= 11 is 0. The fraction of sp³-hybridized carbons (Fsp3) is 0.263. The summed E-state index contributed by atoms with van der Waals surface area (Å²) < 4.78 is 41.9. The maximum atomic E-state index is 12.8. The number of nitrogens with zero attached hydrogens (tertiary/aromatic N) is 2. The molecule has 0 saturated carbocycles. The van der Waals surface area contributed by atoms with Crippen LogP contribution in [0.5, 0.6) is 17.2 Å². The van der Waals surface area contributed by atoms with Crippen LogP contribution in [0, 0.1) is 0 Å². The molecule has 0 saturated heterocycles. The molecule has 29 heavy (non-hydrogen) atoms. The van der Waals surface area contributed by atoms with Crippen LogP contribution < -0.4 is 19.6 Å². The molecule has 0 spiro atoms. The second kappa shape index (κ2) is 9.89. The molecule has 0 unspecified atom stereocenters. The second-order valence-corrected chi connectivity index (χ2v) is 7.86. The van der Waals surface area contributed by atoms with E-state index in [-0.39, 0.29) is 10.6 Å². The van der Waals surface area contributed by atoms with Crippen LogP contribution in [0.2, 0.25) is 0 Å². The molecule has 2 aromatic carbocycles. The average Bonchev–Trinajstić information content (AvgIpc) is 2.73. The van der Waals surface area contributed by atoms with Gasteiger partial charge in [-0.25, -0.2) is 13.8 Å². The molecule has 0 heterocycles. The molecule has 2 rings (SSSR count). The van der Waals surface area contributed by atoms with E-state index in [2.05, 4.69) is 10.5 Å². The largest absolute Gasteiger partial charge is 0.497 e. The minimum Gasteiger partial charge on any atom is -0.497 e. The Hall–Kier alpha value is -3.11. The molecular weight excluding hydrogens is 398 g/mol. The van der Waals surface area contributed by atoms with Gasteiger partial charge in [0, 0.05) is 13.1 Å². The summed E-state index contributed by atoms with van der Waals surface area (Å²) in [5.74, 6) is 0.551. The molecule has 156 valence electrons. The van der Waals surface area contributed by atoms with E-state index >= 15 is 0 Å². The number of likely N-dealkylation sites (N-methyl/N-ethyl adjacent to an activating group) is 1. The molecule has 1 N–H and O–H groups in total. The topological polar surface area (TPSA) is 107 Å². The van der Waals surface area contributed by atoms with Crippen molar-refractivity contribution < 1.29 is 27.4 Å². The standard InChI is InChI=1S/C19H23N3O6S/c1-22(29(24,25)18-11-16(27-3)8-9-17(18)28-4)13-19(23)21-20-12-14-6-5-7-15(10-14)26-2/h5-12H,13H2,1-4H3,(H,21,23)/b20-12+. The lowest BCUT2D eigenvalue weighted by Gasteiger charge is -2.18. The van der Waals surface area contributed by atoms with Gasteiger partial charge in [-0.15, -0.1) is 0 Å². The van der Waals surface area contributed by atoms with Gasteiger partial charge in [-0.1, -0.05) is 12.1 Å². The fourth-order valence-electron chi connectivity index (χ4n) is 2.38. The highest BCUT2D eigenvalue weighted by Crippen LogP contribution is 2.30. The van der Waals surface area contributed by atoms with Crippen molar-refractivity contribution in [3.8, 4) is 17.2 Å². The summed E-state index contributed by atoms with van der Waals surface area (Å²) in [5.41, 5.74) is 3.02. The molecule has 0 radical (unpaired) electrons. The number of rotatable bonds is 9. The van der Waals surface area contributed by atoms with Crippen molar-refractivity contribution in [2.45, 2.75) is 4.90 Å². The van der Waals surface area contributed by atoms with E-state index < -0.39 is 22.5 Å². The number of amides is 1. The van der Waals surface area contributed by atoms with Crippen LogP contribution in [0.15, 0.2) is 52.5 Å². The molecule has 9 nitrogen and oxygen atoms in total. The fourth-order valence-corrected chi connectivity index (χ4v) is 3.67. The van der Waals surface area contributed by atoms with Crippen LogP contribution in [0.4, 0.5) is 0 Å².